The molecule has 0 saturated heterocycles. The van der Waals surface area contributed by atoms with Crippen LogP contribution >= 0.6 is 0 Å². The number of amidine groups is 1. The zero-order valence-corrected chi connectivity index (χ0v) is 8.96. The van der Waals surface area contributed by atoms with Gasteiger partial charge >= 0.3 is 0 Å². The van der Waals surface area contributed by atoms with Crippen molar-refractivity contribution in [3.05, 3.63) is 23.4 Å². The van der Waals surface area contributed by atoms with Crippen molar-refractivity contribution in [3.8, 4) is 0 Å². The van der Waals surface area contributed by atoms with Crippen LogP contribution in [-0.4, -0.2) is 21.9 Å². The van der Waals surface area contributed by atoms with Crippen LogP contribution in [0.1, 0.15) is 25.0 Å². The molecule has 0 unspecified atom stereocenters. The first kappa shape index (κ1) is 10.6. The molecule has 6 heteroatoms. The Hall–Kier alpha value is -1.95. The highest BCUT2D eigenvalue weighted by atomic mass is 16.5. The molecule has 0 saturated carbocycles. The summed E-state index contributed by atoms with van der Waals surface area (Å²) in [7, 11) is 0. The number of nitrogens with zero attached hydrogens (tertiary/aromatic N) is 1. The Kier molecular flexibility index (Phi) is 2.16. The Morgan fingerprint density at radius 2 is 2.31 bits per heavy atom. The molecule has 1 aromatic rings. The number of carbonyl (C=O) groups excluding carboxylic acids is 1. The monoisotopic (exact) mass is 220 g/mol. The average molecular weight is 220 g/mol. The third-order valence-electron chi connectivity index (χ3n) is 2.76. The fraction of sp³-hybridized carbons (Fsp3) is 0.300. The van der Waals surface area contributed by atoms with Crippen molar-refractivity contribution >= 4 is 17.6 Å². The molecule has 0 spiro atoms. The highest BCUT2D eigenvalue weighted by Crippen LogP contribution is 2.37. The van der Waals surface area contributed by atoms with Crippen molar-refractivity contribution in [1.82, 2.24) is 10.5 Å². The van der Waals surface area contributed by atoms with Gasteiger partial charge in [-0.1, -0.05) is 0 Å². The first-order valence-corrected chi connectivity index (χ1v) is 4.78. The van der Waals surface area contributed by atoms with E-state index in [1.165, 1.54) is 6.20 Å². The van der Waals surface area contributed by atoms with Crippen molar-refractivity contribution in [2.75, 3.05) is 5.32 Å². The van der Waals surface area contributed by atoms with Gasteiger partial charge in [0, 0.05) is 17.3 Å². The van der Waals surface area contributed by atoms with Crippen LogP contribution in [0.5, 0.6) is 0 Å². The van der Waals surface area contributed by atoms with Gasteiger partial charge < -0.3 is 5.32 Å². The Morgan fingerprint density at radius 1 is 1.62 bits per heavy atom. The second-order valence-electron chi connectivity index (χ2n) is 4.15. The van der Waals surface area contributed by atoms with Crippen molar-refractivity contribution in [2.45, 2.75) is 19.3 Å². The van der Waals surface area contributed by atoms with Gasteiger partial charge in [-0.25, -0.2) is 4.98 Å². The summed E-state index contributed by atoms with van der Waals surface area (Å²) in [5.74, 6) is 0.143. The molecule has 1 aromatic heterocycles. The second-order valence-corrected chi connectivity index (χ2v) is 4.15. The first-order valence-electron chi connectivity index (χ1n) is 4.78. The van der Waals surface area contributed by atoms with Crippen LogP contribution in [0.3, 0.4) is 0 Å². The molecule has 4 N–H and O–H groups in total. The van der Waals surface area contributed by atoms with Gasteiger partial charge in [0.2, 0.25) is 5.91 Å². The lowest BCUT2D eigenvalue weighted by molar-refractivity contribution is -0.119. The number of carbonyl (C=O) groups is 1. The van der Waals surface area contributed by atoms with Crippen LogP contribution in [0, 0.1) is 5.41 Å². The molecule has 2 rings (SSSR count). The molecule has 2 heterocycles. The van der Waals surface area contributed by atoms with Crippen molar-refractivity contribution in [2.24, 2.45) is 0 Å². The molecular weight excluding hydrogens is 208 g/mol. The third kappa shape index (κ3) is 1.27. The molecule has 0 radical (unpaired) electrons. The summed E-state index contributed by atoms with van der Waals surface area (Å²) in [5, 5.41) is 19.0. The Labute approximate surface area is 92.2 Å². The molecule has 84 valence electrons. The number of rotatable bonds is 1. The Balaban J connectivity index is 2.66. The number of hydrogen-bond donors (Lipinski definition) is 4. The van der Waals surface area contributed by atoms with Gasteiger partial charge in [-0.3, -0.25) is 20.9 Å². The molecule has 0 atom stereocenters. The van der Waals surface area contributed by atoms with E-state index in [1.54, 1.807) is 25.4 Å². The van der Waals surface area contributed by atoms with Crippen LogP contribution in [0.25, 0.3) is 0 Å². The van der Waals surface area contributed by atoms with Crippen LogP contribution in [0.15, 0.2) is 12.3 Å². The number of hydroxylamine groups is 1. The quantitative estimate of drug-likeness (QED) is 0.316. The topological polar surface area (TPSA) is 98.1 Å². The molecule has 0 aliphatic carbocycles. The lowest BCUT2D eigenvalue weighted by Gasteiger charge is -2.18. The maximum Gasteiger partial charge on any atom is 0.235 e. The summed E-state index contributed by atoms with van der Waals surface area (Å²) in [4.78, 5) is 15.8. The molecule has 1 aliphatic rings. The maximum atomic E-state index is 11.7. The minimum Gasteiger partial charge on any atom is -0.310 e. The van der Waals surface area contributed by atoms with E-state index in [-0.39, 0.29) is 11.7 Å². The molecule has 0 fully saturated rings. The summed E-state index contributed by atoms with van der Waals surface area (Å²) in [6.07, 6.45) is 1.49. The van der Waals surface area contributed by atoms with Crippen LogP contribution < -0.4 is 10.8 Å². The smallest absolute Gasteiger partial charge is 0.235 e. The standard InChI is InChI=1S/C10H12N4O2/c1-10(2)6-5(7(11)14-16)3-4-12-8(6)13-9(10)15/h3-4,16H,1-2H3,(H2,11,14)(H,12,13,15). The number of fused-ring (bicyclic) bond motifs is 1. The van der Waals surface area contributed by atoms with Gasteiger partial charge in [-0.05, 0) is 19.9 Å². The predicted octanol–water partition coefficient (Wildman–Crippen LogP) is 0.615. The number of pyridine rings is 1. The summed E-state index contributed by atoms with van der Waals surface area (Å²) in [6.45, 7) is 3.51. The number of anilines is 1. The summed E-state index contributed by atoms with van der Waals surface area (Å²) in [5.41, 5.74) is 2.13. The van der Waals surface area contributed by atoms with Crippen molar-refractivity contribution in [1.29, 1.82) is 5.41 Å². The molecular formula is C10H12N4O2. The molecule has 16 heavy (non-hydrogen) atoms. The number of amides is 1. The van der Waals surface area contributed by atoms with E-state index in [1.807, 2.05) is 0 Å². The van der Waals surface area contributed by atoms with E-state index in [0.29, 0.717) is 16.9 Å². The first-order chi connectivity index (χ1) is 7.48. The highest BCUT2D eigenvalue weighted by Gasteiger charge is 2.41. The van der Waals surface area contributed by atoms with Gasteiger partial charge in [0.05, 0.1) is 5.41 Å². The normalized spacial score (nSPS) is 16.6. The highest BCUT2D eigenvalue weighted by molar-refractivity contribution is 6.09. The molecule has 1 aliphatic heterocycles. The van der Waals surface area contributed by atoms with Gasteiger partial charge in [-0.15, -0.1) is 0 Å². The lowest BCUT2D eigenvalue weighted by atomic mass is 9.84. The van der Waals surface area contributed by atoms with E-state index < -0.39 is 5.41 Å². The van der Waals surface area contributed by atoms with E-state index >= 15 is 0 Å². The van der Waals surface area contributed by atoms with Crippen LogP contribution in [0.4, 0.5) is 5.82 Å². The molecule has 0 bridgehead atoms. The van der Waals surface area contributed by atoms with Crippen LogP contribution in [0.2, 0.25) is 0 Å². The summed E-state index contributed by atoms with van der Waals surface area (Å²) in [6, 6.07) is 1.59. The second kappa shape index (κ2) is 3.28. The van der Waals surface area contributed by atoms with Gasteiger partial charge in [0.15, 0.2) is 0 Å². The summed E-state index contributed by atoms with van der Waals surface area (Å²) < 4.78 is 0. The maximum absolute atomic E-state index is 11.7. The fourth-order valence-corrected chi connectivity index (χ4v) is 1.84. The minimum absolute atomic E-state index is 0.150. The average Bonchev–Trinajstić information content (AvgIpc) is 2.49. The minimum atomic E-state index is -0.748. The predicted molar refractivity (Wildman–Crippen MR) is 57.6 cm³/mol. The molecule has 0 aromatic carbocycles. The largest absolute Gasteiger partial charge is 0.310 e. The van der Waals surface area contributed by atoms with Gasteiger partial charge in [0.1, 0.15) is 11.7 Å². The zero-order valence-electron chi connectivity index (χ0n) is 8.96. The lowest BCUT2D eigenvalue weighted by Crippen LogP contribution is -2.30. The van der Waals surface area contributed by atoms with Gasteiger partial charge in [0.25, 0.3) is 0 Å². The fourth-order valence-electron chi connectivity index (χ4n) is 1.84. The zero-order chi connectivity index (χ0) is 11.9. The van der Waals surface area contributed by atoms with E-state index in [0.717, 1.165) is 0 Å². The van der Waals surface area contributed by atoms with Gasteiger partial charge in [-0.2, -0.15) is 0 Å². The van der Waals surface area contributed by atoms with Crippen LogP contribution in [-0.2, 0) is 10.2 Å². The van der Waals surface area contributed by atoms with E-state index in [4.69, 9.17) is 10.6 Å². The van der Waals surface area contributed by atoms with Crippen molar-refractivity contribution < 1.29 is 10.0 Å². The van der Waals surface area contributed by atoms with Crippen molar-refractivity contribution in [3.63, 3.8) is 0 Å². The summed E-state index contributed by atoms with van der Waals surface area (Å²) >= 11 is 0. The number of aromatic nitrogens is 1. The van der Waals surface area contributed by atoms with E-state index in [2.05, 4.69) is 10.3 Å². The third-order valence-corrected chi connectivity index (χ3v) is 2.76. The number of hydrogen-bond acceptors (Lipinski definition) is 4. The number of nitrogens with one attached hydrogen (secondary N) is 3. The molecule has 1 amide bonds. The Morgan fingerprint density at radius 3 is 2.94 bits per heavy atom. The Bertz CT molecular complexity index is 482. The molecule has 6 nitrogen and oxygen atoms in total. The SMILES string of the molecule is CC1(C)C(=O)Nc2nccc(C(=N)NO)c21. The van der Waals surface area contributed by atoms with E-state index in [9.17, 15) is 4.79 Å².